The SMILES string of the molecule is O=[N+]([O-])c1cccc(-c2c(-c3ccccc3)c3[nH]c2cc2nc(cc4ccc(cc5nc(c3-c3ccccc3)C(c3ccccc3)=C5)[nH]4)C=C2)c1. The van der Waals surface area contributed by atoms with Gasteiger partial charge in [-0.25, -0.2) is 9.97 Å². The lowest BCUT2D eigenvalue weighted by Gasteiger charge is -2.12. The average Bonchev–Trinajstić information content (AvgIpc) is 3.97. The number of fused-ring (bicyclic) bond motifs is 8. The van der Waals surface area contributed by atoms with Crippen molar-refractivity contribution in [2.75, 3.05) is 0 Å². The zero-order chi connectivity index (χ0) is 34.3. The number of nitrogens with one attached hydrogen (secondary N) is 2. The standard InChI is InChI=1S/C44H29N5O2/c50-49(51)37-18-10-17-31(23-37)40-39-27-35-22-21-33(46-35)24-32-19-20-34(45-32)25-36-26-38(28-11-4-1-5-12-28)43(47-36)42(30-15-8-3-9-16-30)44(48-39)41(40)29-13-6-2-7-14-29/h1-27,45,48H. The Hall–Kier alpha value is -7.12. The molecule has 2 aliphatic rings. The summed E-state index contributed by atoms with van der Waals surface area (Å²) in [7, 11) is 0. The van der Waals surface area contributed by atoms with Crippen molar-refractivity contribution in [1.82, 2.24) is 19.9 Å². The summed E-state index contributed by atoms with van der Waals surface area (Å²) in [6.45, 7) is 0. The van der Waals surface area contributed by atoms with Gasteiger partial charge in [-0.15, -0.1) is 0 Å². The predicted molar refractivity (Wildman–Crippen MR) is 206 cm³/mol. The van der Waals surface area contributed by atoms with Crippen molar-refractivity contribution >= 4 is 51.6 Å². The van der Waals surface area contributed by atoms with Crippen LogP contribution in [-0.4, -0.2) is 24.9 Å². The van der Waals surface area contributed by atoms with Crippen LogP contribution < -0.4 is 0 Å². The van der Waals surface area contributed by atoms with Crippen molar-refractivity contribution in [3.63, 3.8) is 0 Å². The summed E-state index contributed by atoms with van der Waals surface area (Å²) < 4.78 is 0. The lowest BCUT2D eigenvalue weighted by molar-refractivity contribution is -0.384. The normalized spacial score (nSPS) is 12.1. The minimum absolute atomic E-state index is 0.0172. The summed E-state index contributed by atoms with van der Waals surface area (Å²) >= 11 is 0. The predicted octanol–water partition coefficient (Wildman–Crippen LogP) is 11.0. The van der Waals surface area contributed by atoms with E-state index in [4.69, 9.17) is 9.97 Å². The molecule has 242 valence electrons. The van der Waals surface area contributed by atoms with Crippen LogP contribution in [0.1, 0.15) is 28.3 Å². The van der Waals surface area contributed by atoms with E-state index in [0.29, 0.717) is 5.56 Å². The van der Waals surface area contributed by atoms with Gasteiger partial charge >= 0.3 is 0 Å². The van der Waals surface area contributed by atoms with E-state index in [0.717, 1.165) is 83.8 Å². The highest BCUT2D eigenvalue weighted by molar-refractivity contribution is 6.11. The number of nitro groups is 1. The van der Waals surface area contributed by atoms with Crippen LogP contribution >= 0.6 is 0 Å². The average molecular weight is 660 g/mol. The molecule has 2 aliphatic heterocycles. The highest BCUT2D eigenvalue weighted by Crippen LogP contribution is 2.46. The first-order valence-corrected chi connectivity index (χ1v) is 16.7. The van der Waals surface area contributed by atoms with E-state index in [2.05, 4.69) is 58.5 Å². The van der Waals surface area contributed by atoms with E-state index in [1.807, 2.05) is 97.1 Å². The lowest BCUT2D eigenvalue weighted by atomic mass is 9.91. The zero-order valence-corrected chi connectivity index (χ0v) is 27.2. The number of nitrogens with zero attached hydrogens (tertiary/aromatic N) is 3. The first-order chi connectivity index (χ1) is 25.1. The number of hydrogen-bond acceptors (Lipinski definition) is 4. The summed E-state index contributed by atoms with van der Waals surface area (Å²) in [6.07, 6.45) is 6.11. The number of hydrogen-bond donors (Lipinski definition) is 2. The number of aromatic amines is 2. The first kappa shape index (κ1) is 30.0. The van der Waals surface area contributed by atoms with Crippen LogP contribution in [0.5, 0.6) is 0 Å². The summed E-state index contributed by atoms with van der Waals surface area (Å²) in [5.74, 6) is 0. The molecule has 0 spiro atoms. The highest BCUT2D eigenvalue weighted by atomic mass is 16.6. The monoisotopic (exact) mass is 659 g/mol. The molecule has 7 heteroatoms. The molecule has 0 atom stereocenters. The smallest absolute Gasteiger partial charge is 0.270 e. The number of H-pyrrole nitrogens is 2. The number of rotatable bonds is 5. The molecule has 0 aliphatic carbocycles. The van der Waals surface area contributed by atoms with Crippen LogP contribution in [0.25, 0.3) is 79.2 Å². The second-order valence-electron chi connectivity index (χ2n) is 12.5. The van der Waals surface area contributed by atoms with Crippen molar-refractivity contribution in [3.8, 4) is 33.4 Å². The first-order valence-electron chi connectivity index (χ1n) is 16.7. The van der Waals surface area contributed by atoms with E-state index in [1.165, 1.54) is 6.07 Å². The van der Waals surface area contributed by atoms with E-state index in [9.17, 15) is 10.1 Å². The maximum Gasteiger partial charge on any atom is 0.270 e. The van der Waals surface area contributed by atoms with Crippen LogP contribution in [-0.2, 0) is 0 Å². The van der Waals surface area contributed by atoms with Crippen molar-refractivity contribution in [1.29, 1.82) is 0 Å². The third-order valence-corrected chi connectivity index (χ3v) is 9.17. The Labute approximate surface area is 293 Å². The number of nitro benzene ring substituents is 1. The Morgan fingerprint density at radius 2 is 1.10 bits per heavy atom. The van der Waals surface area contributed by atoms with Crippen molar-refractivity contribution in [3.05, 3.63) is 184 Å². The van der Waals surface area contributed by atoms with Gasteiger partial charge < -0.3 is 9.97 Å². The third kappa shape index (κ3) is 5.62. The van der Waals surface area contributed by atoms with Gasteiger partial charge in [-0.2, -0.15) is 0 Å². The van der Waals surface area contributed by atoms with Gasteiger partial charge in [-0.3, -0.25) is 10.1 Å². The molecule has 8 bridgehead atoms. The Morgan fingerprint density at radius 3 is 1.76 bits per heavy atom. The van der Waals surface area contributed by atoms with Crippen LogP contribution in [0, 0.1) is 10.1 Å². The van der Waals surface area contributed by atoms with Gasteiger partial charge in [0.25, 0.3) is 5.69 Å². The molecule has 4 aromatic carbocycles. The van der Waals surface area contributed by atoms with Gasteiger partial charge in [0, 0.05) is 50.9 Å². The molecule has 0 amide bonds. The maximum atomic E-state index is 12.1. The number of non-ortho nitro benzene ring substituents is 1. The third-order valence-electron chi connectivity index (χ3n) is 9.17. The van der Waals surface area contributed by atoms with Gasteiger partial charge in [-0.1, -0.05) is 103 Å². The zero-order valence-electron chi connectivity index (χ0n) is 27.2. The molecule has 0 unspecified atom stereocenters. The molecule has 5 heterocycles. The quantitative estimate of drug-likeness (QED) is 0.142. The van der Waals surface area contributed by atoms with Gasteiger partial charge in [-0.05, 0) is 70.8 Å². The van der Waals surface area contributed by atoms with E-state index in [1.54, 1.807) is 12.1 Å². The highest BCUT2D eigenvalue weighted by Gasteiger charge is 2.25. The fourth-order valence-corrected chi connectivity index (χ4v) is 6.95. The van der Waals surface area contributed by atoms with Crippen LogP contribution in [0.3, 0.4) is 0 Å². The van der Waals surface area contributed by atoms with Gasteiger partial charge in [0.05, 0.1) is 33.2 Å². The molecule has 0 radical (unpaired) electrons. The summed E-state index contributed by atoms with van der Waals surface area (Å²) in [6, 6.07) is 47.8. The fourth-order valence-electron chi connectivity index (χ4n) is 6.95. The maximum absolute atomic E-state index is 12.1. The van der Waals surface area contributed by atoms with Crippen LogP contribution in [0.2, 0.25) is 0 Å². The van der Waals surface area contributed by atoms with Crippen LogP contribution in [0.15, 0.2) is 146 Å². The number of aromatic nitrogens is 4. The minimum Gasteiger partial charge on any atom is -0.355 e. The molecule has 3 aromatic heterocycles. The molecule has 7 aromatic rings. The Bertz CT molecular complexity index is 2710. The Balaban J connectivity index is 1.53. The molecule has 0 saturated carbocycles. The van der Waals surface area contributed by atoms with E-state index >= 15 is 0 Å². The summed E-state index contributed by atoms with van der Waals surface area (Å²) in [4.78, 5) is 29.4. The Kier molecular flexibility index (Phi) is 7.29. The Morgan fingerprint density at radius 1 is 0.510 bits per heavy atom. The topological polar surface area (TPSA) is 100 Å². The minimum atomic E-state index is -0.351. The van der Waals surface area contributed by atoms with Crippen molar-refractivity contribution in [2.24, 2.45) is 0 Å². The van der Waals surface area contributed by atoms with Gasteiger partial charge in [0.1, 0.15) is 0 Å². The van der Waals surface area contributed by atoms with E-state index < -0.39 is 0 Å². The molecule has 0 fully saturated rings. The molecule has 9 rings (SSSR count). The number of benzene rings is 4. The molecule has 2 N–H and O–H groups in total. The van der Waals surface area contributed by atoms with Gasteiger partial charge in [0.2, 0.25) is 0 Å². The molecule has 0 saturated heterocycles. The summed E-state index contributed by atoms with van der Waals surface area (Å²) in [5.41, 5.74) is 14.0. The van der Waals surface area contributed by atoms with Gasteiger partial charge in [0.15, 0.2) is 0 Å². The second-order valence-corrected chi connectivity index (χ2v) is 12.5. The molecular weight excluding hydrogens is 631 g/mol. The van der Waals surface area contributed by atoms with E-state index in [-0.39, 0.29) is 10.6 Å². The largest absolute Gasteiger partial charge is 0.355 e. The fraction of sp³-hybridized carbons (Fsp3) is 0. The van der Waals surface area contributed by atoms with Crippen molar-refractivity contribution in [2.45, 2.75) is 0 Å². The molecular formula is C44H29N5O2. The lowest BCUT2D eigenvalue weighted by Crippen LogP contribution is -1.93. The molecule has 51 heavy (non-hydrogen) atoms. The summed E-state index contributed by atoms with van der Waals surface area (Å²) in [5, 5.41) is 12.1. The van der Waals surface area contributed by atoms with Crippen LogP contribution in [0.4, 0.5) is 5.69 Å². The second kappa shape index (κ2) is 12.4. The molecule has 7 nitrogen and oxygen atoms in total. The van der Waals surface area contributed by atoms with Crippen molar-refractivity contribution < 1.29 is 4.92 Å².